The summed E-state index contributed by atoms with van der Waals surface area (Å²) in [4.78, 5) is 29.2. The SMILES string of the molecule is Cc1ccnc(NC(=O)c2oc3c(c2C)/C(=N/NC(=O)c2ccccc2F)CCC3)c1. The Bertz CT molecular complexity index is 1200. The molecule has 158 valence electrons. The maximum absolute atomic E-state index is 13.8. The van der Waals surface area contributed by atoms with Crippen molar-refractivity contribution in [1.82, 2.24) is 10.4 Å². The standard InChI is InChI=1S/C23H21FN4O3/c1-13-10-11-25-19(12-13)26-23(30)21-14(2)20-17(8-5-9-18(20)31-21)27-28-22(29)15-6-3-4-7-16(15)24/h3-4,6-7,10-12H,5,8-9H2,1-2H3,(H,28,29)(H,25,26,30)/b27-17+. The van der Waals surface area contributed by atoms with Crippen LogP contribution in [-0.2, 0) is 6.42 Å². The van der Waals surface area contributed by atoms with Crippen molar-refractivity contribution in [1.29, 1.82) is 0 Å². The number of nitrogens with one attached hydrogen (secondary N) is 2. The number of hydrogen-bond acceptors (Lipinski definition) is 5. The second-order valence-corrected chi connectivity index (χ2v) is 7.36. The molecule has 0 unspecified atom stereocenters. The van der Waals surface area contributed by atoms with Crippen LogP contribution in [0.2, 0.25) is 0 Å². The molecule has 2 aromatic heterocycles. The van der Waals surface area contributed by atoms with Crippen LogP contribution in [0, 0.1) is 19.7 Å². The van der Waals surface area contributed by atoms with E-state index in [0.717, 1.165) is 12.0 Å². The van der Waals surface area contributed by atoms with E-state index in [1.165, 1.54) is 18.2 Å². The minimum absolute atomic E-state index is 0.0856. The number of hydrazone groups is 1. The number of amides is 2. The van der Waals surface area contributed by atoms with Gasteiger partial charge in [0.15, 0.2) is 5.76 Å². The molecule has 31 heavy (non-hydrogen) atoms. The molecule has 4 rings (SSSR count). The van der Waals surface area contributed by atoms with E-state index < -0.39 is 17.6 Å². The predicted octanol–water partition coefficient (Wildman–Crippen LogP) is 4.15. The summed E-state index contributed by atoms with van der Waals surface area (Å²) in [6.07, 6.45) is 3.64. The molecule has 2 amide bonds. The summed E-state index contributed by atoms with van der Waals surface area (Å²) in [5.74, 6) is -0.395. The molecule has 0 fully saturated rings. The molecule has 1 aliphatic carbocycles. The Hall–Kier alpha value is -3.81. The van der Waals surface area contributed by atoms with E-state index in [2.05, 4.69) is 20.8 Å². The number of nitrogens with zero attached hydrogens (tertiary/aromatic N) is 2. The second-order valence-electron chi connectivity index (χ2n) is 7.36. The van der Waals surface area contributed by atoms with Crippen LogP contribution in [0.4, 0.5) is 10.2 Å². The van der Waals surface area contributed by atoms with Crippen LogP contribution in [0.3, 0.4) is 0 Å². The minimum atomic E-state index is -0.637. The monoisotopic (exact) mass is 420 g/mol. The molecule has 0 bridgehead atoms. The number of fused-ring (bicyclic) bond motifs is 1. The third-order valence-electron chi connectivity index (χ3n) is 5.10. The third-order valence-corrected chi connectivity index (χ3v) is 5.10. The Morgan fingerprint density at radius 2 is 1.94 bits per heavy atom. The molecule has 0 atom stereocenters. The smallest absolute Gasteiger partial charge is 0.292 e. The van der Waals surface area contributed by atoms with Crippen LogP contribution in [0.15, 0.2) is 52.1 Å². The van der Waals surface area contributed by atoms with Crippen molar-refractivity contribution in [2.75, 3.05) is 5.32 Å². The molecular weight excluding hydrogens is 399 g/mol. The first-order chi connectivity index (χ1) is 14.9. The fourth-order valence-electron chi connectivity index (χ4n) is 3.60. The van der Waals surface area contributed by atoms with Crippen LogP contribution in [0.5, 0.6) is 0 Å². The number of rotatable bonds is 4. The lowest BCUT2D eigenvalue weighted by Gasteiger charge is -2.13. The van der Waals surface area contributed by atoms with Crippen LogP contribution in [-0.4, -0.2) is 22.5 Å². The van der Waals surface area contributed by atoms with Crippen molar-refractivity contribution in [2.45, 2.75) is 33.1 Å². The number of aryl methyl sites for hydroxylation is 2. The fourth-order valence-corrected chi connectivity index (χ4v) is 3.60. The van der Waals surface area contributed by atoms with Crippen molar-refractivity contribution in [3.63, 3.8) is 0 Å². The zero-order valence-corrected chi connectivity index (χ0v) is 17.2. The van der Waals surface area contributed by atoms with Gasteiger partial charge in [0.1, 0.15) is 17.4 Å². The number of carbonyl (C=O) groups is 2. The first kappa shape index (κ1) is 20.5. The zero-order valence-electron chi connectivity index (χ0n) is 17.2. The normalized spacial score (nSPS) is 14.2. The highest BCUT2D eigenvalue weighted by Gasteiger charge is 2.28. The van der Waals surface area contributed by atoms with Gasteiger partial charge in [-0.25, -0.2) is 14.8 Å². The van der Waals surface area contributed by atoms with Crippen molar-refractivity contribution in [3.05, 3.63) is 82.2 Å². The number of hydrogen-bond donors (Lipinski definition) is 2. The minimum Gasteiger partial charge on any atom is -0.455 e. The van der Waals surface area contributed by atoms with Gasteiger partial charge in [-0.3, -0.25) is 9.59 Å². The molecule has 2 N–H and O–H groups in total. The molecule has 1 aliphatic rings. The summed E-state index contributed by atoms with van der Waals surface area (Å²) in [6.45, 7) is 3.69. The largest absolute Gasteiger partial charge is 0.455 e. The first-order valence-corrected chi connectivity index (χ1v) is 9.92. The molecule has 0 saturated carbocycles. The van der Waals surface area contributed by atoms with Crippen molar-refractivity contribution in [2.24, 2.45) is 5.10 Å². The van der Waals surface area contributed by atoms with E-state index in [-0.39, 0.29) is 11.3 Å². The number of benzene rings is 1. The van der Waals surface area contributed by atoms with E-state index in [4.69, 9.17) is 4.42 Å². The quantitative estimate of drug-likeness (QED) is 0.620. The van der Waals surface area contributed by atoms with Gasteiger partial charge in [-0.2, -0.15) is 5.10 Å². The molecule has 0 radical (unpaired) electrons. The van der Waals surface area contributed by atoms with Crippen LogP contribution >= 0.6 is 0 Å². The first-order valence-electron chi connectivity index (χ1n) is 9.92. The van der Waals surface area contributed by atoms with E-state index in [1.807, 2.05) is 13.0 Å². The molecule has 7 nitrogen and oxygen atoms in total. The van der Waals surface area contributed by atoms with Gasteiger partial charge in [0.2, 0.25) is 0 Å². The molecule has 1 aromatic carbocycles. The Morgan fingerprint density at radius 1 is 1.13 bits per heavy atom. The molecule has 0 spiro atoms. The molecule has 3 aromatic rings. The summed E-state index contributed by atoms with van der Waals surface area (Å²) in [6, 6.07) is 9.31. The summed E-state index contributed by atoms with van der Waals surface area (Å²) in [7, 11) is 0. The average Bonchev–Trinajstić information content (AvgIpc) is 3.10. The second kappa shape index (κ2) is 8.51. The van der Waals surface area contributed by atoms with Gasteiger partial charge in [-0.1, -0.05) is 12.1 Å². The Morgan fingerprint density at radius 3 is 2.71 bits per heavy atom. The summed E-state index contributed by atoms with van der Waals surface area (Å²) in [5, 5.41) is 6.96. The molecule has 2 heterocycles. The van der Waals surface area contributed by atoms with Crippen molar-refractivity contribution in [3.8, 4) is 0 Å². The summed E-state index contributed by atoms with van der Waals surface area (Å²) < 4.78 is 19.7. The van der Waals surface area contributed by atoms with E-state index >= 15 is 0 Å². The Balaban J connectivity index is 1.58. The average molecular weight is 420 g/mol. The maximum Gasteiger partial charge on any atom is 0.292 e. The Kier molecular flexibility index (Phi) is 5.62. The molecule has 8 heteroatoms. The molecule has 0 saturated heterocycles. The fraction of sp³-hybridized carbons (Fsp3) is 0.217. The molecular formula is C23H21FN4O3. The lowest BCUT2D eigenvalue weighted by atomic mass is 9.93. The highest BCUT2D eigenvalue weighted by Crippen LogP contribution is 2.30. The highest BCUT2D eigenvalue weighted by molar-refractivity contribution is 6.09. The zero-order chi connectivity index (χ0) is 22.0. The maximum atomic E-state index is 13.8. The third kappa shape index (κ3) is 4.23. The lowest BCUT2D eigenvalue weighted by molar-refractivity contribution is 0.0949. The topological polar surface area (TPSA) is 96.6 Å². The van der Waals surface area contributed by atoms with Crippen LogP contribution in [0.1, 0.15) is 56.2 Å². The van der Waals surface area contributed by atoms with E-state index in [9.17, 15) is 14.0 Å². The molecule has 0 aliphatic heterocycles. The number of pyridine rings is 1. The number of carbonyl (C=O) groups excluding carboxylic acids is 2. The van der Waals surface area contributed by atoms with E-state index in [1.54, 1.807) is 25.3 Å². The van der Waals surface area contributed by atoms with Gasteiger partial charge in [-0.05, 0) is 56.5 Å². The van der Waals surface area contributed by atoms with Gasteiger partial charge in [0.25, 0.3) is 11.8 Å². The number of aromatic nitrogens is 1. The van der Waals surface area contributed by atoms with Crippen molar-refractivity contribution >= 4 is 23.3 Å². The van der Waals surface area contributed by atoms with Gasteiger partial charge in [-0.15, -0.1) is 0 Å². The van der Waals surface area contributed by atoms with Gasteiger partial charge >= 0.3 is 0 Å². The van der Waals surface area contributed by atoms with Gasteiger partial charge in [0, 0.05) is 23.7 Å². The lowest BCUT2D eigenvalue weighted by Crippen LogP contribution is -2.23. The summed E-state index contributed by atoms with van der Waals surface area (Å²) >= 11 is 0. The van der Waals surface area contributed by atoms with Crippen LogP contribution in [0.25, 0.3) is 0 Å². The highest BCUT2D eigenvalue weighted by atomic mass is 19.1. The predicted molar refractivity (Wildman–Crippen MR) is 114 cm³/mol. The summed E-state index contributed by atoms with van der Waals surface area (Å²) in [5.41, 5.74) is 5.25. The van der Waals surface area contributed by atoms with Crippen molar-refractivity contribution < 1.29 is 18.4 Å². The number of halogens is 1. The van der Waals surface area contributed by atoms with Gasteiger partial charge in [0.05, 0.1) is 11.3 Å². The number of anilines is 1. The Labute approximate surface area is 178 Å². The van der Waals surface area contributed by atoms with Gasteiger partial charge < -0.3 is 9.73 Å². The number of furan rings is 1. The van der Waals surface area contributed by atoms with Crippen LogP contribution < -0.4 is 10.7 Å². The van der Waals surface area contributed by atoms with E-state index in [0.29, 0.717) is 41.3 Å².